The molecule has 0 aliphatic carbocycles. The summed E-state index contributed by atoms with van der Waals surface area (Å²) in [5.41, 5.74) is -0.309. The van der Waals surface area contributed by atoms with E-state index in [1.165, 1.54) is 18.2 Å². The van der Waals surface area contributed by atoms with Crippen LogP contribution in [0.4, 0.5) is 10.1 Å². The molecule has 0 heterocycles. The molecule has 21 heavy (non-hydrogen) atoms. The number of anilines is 1. The number of carboxylic acid groups (broad SMARTS) is 1. The Bertz CT molecular complexity index is 734. The van der Waals surface area contributed by atoms with Crippen LogP contribution >= 0.6 is 23.2 Å². The minimum atomic E-state index is -1.36. The van der Waals surface area contributed by atoms with Crippen molar-refractivity contribution in [1.82, 2.24) is 0 Å². The highest BCUT2D eigenvalue weighted by molar-refractivity contribution is 6.36. The molecule has 0 radical (unpaired) electrons. The van der Waals surface area contributed by atoms with Crippen molar-refractivity contribution in [1.29, 1.82) is 0 Å². The van der Waals surface area contributed by atoms with Crippen molar-refractivity contribution < 1.29 is 19.1 Å². The van der Waals surface area contributed by atoms with Crippen molar-refractivity contribution in [3.63, 3.8) is 0 Å². The Hall–Kier alpha value is -2.11. The quantitative estimate of drug-likeness (QED) is 0.892. The summed E-state index contributed by atoms with van der Waals surface area (Å²) in [6, 6.07) is 7.33. The highest BCUT2D eigenvalue weighted by Gasteiger charge is 2.16. The average molecular weight is 328 g/mol. The third-order valence-electron chi connectivity index (χ3n) is 2.63. The molecule has 2 rings (SSSR count). The van der Waals surface area contributed by atoms with Crippen LogP contribution < -0.4 is 5.32 Å². The summed E-state index contributed by atoms with van der Waals surface area (Å²) in [4.78, 5) is 23.2. The van der Waals surface area contributed by atoms with Crippen LogP contribution in [0, 0.1) is 5.82 Å². The van der Waals surface area contributed by atoms with Gasteiger partial charge in [0.25, 0.3) is 5.91 Å². The van der Waals surface area contributed by atoms with Gasteiger partial charge in [-0.25, -0.2) is 9.18 Å². The standard InChI is InChI=1S/C14H8Cl2FNO3/c15-7-1-3-11(16)9(5-7)13(19)18-12-4-2-8(17)6-10(12)14(20)21/h1-6H,(H,18,19)(H,20,21). The lowest BCUT2D eigenvalue weighted by Gasteiger charge is -2.10. The predicted octanol–water partition coefficient (Wildman–Crippen LogP) is 4.08. The van der Waals surface area contributed by atoms with Crippen LogP contribution in [0.5, 0.6) is 0 Å². The van der Waals surface area contributed by atoms with Gasteiger partial charge in [-0.3, -0.25) is 4.79 Å². The number of nitrogens with one attached hydrogen (secondary N) is 1. The number of benzene rings is 2. The second-order valence-electron chi connectivity index (χ2n) is 4.07. The van der Waals surface area contributed by atoms with Gasteiger partial charge in [0.05, 0.1) is 21.8 Å². The number of aromatic carboxylic acids is 1. The van der Waals surface area contributed by atoms with Crippen LogP contribution in [0.1, 0.15) is 20.7 Å². The van der Waals surface area contributed by atoms with E-state index in [2.05, 4.69) is 5.32 Å². The SMILES string of the molecule is O=C(Nc1ccc(F)cc1C(=O)O)c1cc(Cl)ccc1Cl. The van der Waals surface area contributed by atoms with E-state index in [1.54, 1.807) is 0 Å². The smallest absolute Gasteiger partial charge is 0.337 e. The molecule has 0 spiro atoms. The van der Waals surface area contributed by atoms with Gasteiger partial charge in [-0.1, -0.05) is 23.2 Å². The van der Waals surface area contributed by atoms with Crippen LogP contribution in [-0.2, 0) is 0 Å². The normalized spacial score (nSPS) is 10.2. The third kappa shape index (κ3) is 3.51. The van der Waals surface area contributed by atoms with Crippen molar-refractivity contribution in [2.75, 3.05) is 5.32 Å². The highest BCUT2D eigenvalue weighted by atomic mass is 35.5. The van der Waals surface area contributed by atoms with E-state index in [0.717, 1.165) is 18.2 Å². The van der Waals surface area contributed by atoms with Gasteiger partial charge in [-0.05, 0) is 36.4 Å². The van der Waals surface area contributed by atoms with E-state index in [-0.39, 0.29) is 21.8 Å². The van der Waals surface area contributed by atoms with Gasteiger partial charge in [0.15, 0.2) is 0 Å². The molecule has 0 fully saturated rings. The number of carbonyl (C=O) groups is 2. The maximum Gasteiger partial charge on any atom is 0.337 e. The molecule has 2 N–H and O–H groups in total. The van der Waals surface area contributed by atoms with Crippen LogP contribution in [0.15, 0.2) is 36.4 Å². The minimum Gasteiger partial charge on any atom is -0.478 e. The van der Waals surface area contributed by atoms with Gasteiger partial charge in [0.2, 0.25) is 0 Å². The molecule has 2 aromatic carbocycles. The number of hydrogen-bond acceptors (Lipinski definition) is 2. The van der Waals surface area contributed by atoms with Crippen LogP contribution in [0.25, 0.3) is 0 Å². The zero-order valence-electron chi connectivity index (χ0n) is 10.4. The van der Waals surface area contributed by atoms with Crippen molar-refractivity contribution in [3.05, 3.63) is 63.4 Å². The Morgan fingerprint density at radius 3 is 2.43 bits per heavy atom. The second-order valence-corrected chi connectivity index (χ2v) is 4.92. The molecular formula is C14H8Cl2FNO3. The lowest BCUT2D eigenvalue weighted by atomic mass is 10.1. The lowest BCUT2D eigenvalue weighted by molar-refractivity contribution is 0.0697. The first-order valence-corrected chi connectivity index (χ1v) is 6.43. The Kier molecular flexibility index (Phi) is 4.45. The largest absolute Gasteiger partial charge is 0.478 e. The molecule has 0 aromatic heterocycles. The van der Waals surface area contributed by atoms with E-state index in [9.17, 15) is 14.0 Å². The summed E-state index contributed by atoms with van der Waals surface area (Å²) in [5, 5.41) is 11.9. The van der Waals surface area contributed by atoms with E-state index in [0.29, 0.717) is 5.02 Å². The van der Waals surface area contributed by atoms with Crippen LogP contribution in [0.2, 0.25) is 10.0 Å². The summed E-state index contributed by atoms with van der Waals surface area (Å²) in [6.07, 6.45) is 0. The second kappa shape index (κ2) is 6.11. The molecule has 0 aliphatic heterocycles. The lowest BCUT2D eigenvalue weighted by Crippen LogP contribution is -2.15. The van der Waals surface area contributed by atoms with Gasteiger partial charge < -0.3 is 10.4 Å². The third-order valence-corrected chi connectivity index (χ3v) is 3.20. The molecule has 0 atom stereocenters. The zero-order chi connectivity index (χ0) is 15.6. The molecule has 0 unspecified atom stereocenters. The summed E-state index contributed by atoms with van der Waals surface area (Å²) in [5.74, 6) is -2.72. The van der Waals surface area contributed by atoms with Crippen molar-refractivity contribution in [3.8, 4) is 0 Å². The summed E-state index contributed by atoms with van der Waals surface area (Å²) in [7, 11) is 0. The molecular weight excluding hydrogens is 320 g/mol. The zero-order valence-corrected chi connectivity index (χ0v) is 11.9. The number of carboxylic acids is 1. The molecule has 108 valence electrons. The fraction of sp³-hybridized carbons (Fsp3) is 0. The maximum absolute atomic E-state index is 13.1. The van der Waals surface area contributed by atoms with Gasteiger partial charge >= 0.3 is 5.97 Å². The monoisotopic (exact) mass is 327 g/mol. The van der Waals surface area contributed by atoms with Gasteiger partial charge in [0.1, 0.15) is 5.82 Å². The number of halogens is 3. The fourth-order valence-corrected chi connectivity index (χ4v) is 2.04. The van der Waals surface area contributed by atoms with Crippen LogP contribution in [0.3, 0.4) is 0 Å². The van der Waals surface area contributed by atoms with E-state index >= 15 is 0 Å². The van der Waals surface area contributed by atoms with Gasteiger partial charge in [0, 0.05) is 5.02 Å². The van der Waals surface area contributed by atoms with E-state index in [1.807, 2.05) is 0 Å². The first kappa shape index (κ1) is 15.3. The van der Waals surface area contributed by atoms with Crippen molar-refractivity contribution >= 4 is 40.8 Å². The Balaban J connectivity index is 2.36. The molecule has 2 aromatic rings. The summed E-state index contributed by atoms with van der Waals surface area (Å²) >= 11 is 11.7. The molecule has 4 nitrogen and oxygen atoms in total. The average Bonchev–Trinajstić information content (AvgIpc) is 2.43. The Labute approximate surface area is 129 Å². The Morgan fingerprint density at radius 2 is 1.76 bits per heavy atom. The van der Waals surface area contributed by atoms with Gasteiger partial charge in [-0.15, -0.1) is 0 Å². The summed E-state index contributed by atoms with van der Waals surface area (Å²) < 4.78 is 13.1. The topological polar surface area (TPSA) is 66.4 Å². The number of hydrogen-bond donors (Lipinski definition) is 2. The van der Waals surface area contributed by atoms with Crippen molar-refractivity contribution in [2.45, 2.75) is 0 Å². The molecule has 0 saturated heterocycles. The summed E-state index contributed by atoms with van der Waals surface area (Å²) in [6.45, 7) is 0. The first-order valence-electron chi connectivity index (χ1n) is 5.67. The number of carbonyl (C=O) groups excluding carboxylic acids is 1. The predicted molar refractivity (Wildman–Crippen MR) is 77.8 cm³/mol. The number of amides is 1. The maximum atomic E-state index is 13.1. The van der Waals surface area contributed by atoms with Crippen molar-refractivity contribution in [2.24, 2.45) is 0 Å². The number of rotatable bonds is 3. The minimum absolute atomic E-state index is 0.0371. The first-order chi connectivity index (χ1) is 9.88. The molecule has 0 aliphatic rings. The van der Waals surface area contributed by atoms with Gasteiger partial charge in [-0.2, -0.15) is 0 Å². The fourth-order valence-electron chi connectivity index (χ4n) is 1.66. The molecule has 0 saturated carbocycles. The van der Waals surface area contributed by atoms with E-state index < -0.39 is 17.7 Å². The Morgan fingerprint density at radius 1 is 1.05 bits per heavy atom. The highest BCUT2D eigenvalue weighted by Crippen LogP contribution is 2.23. The molecule has 1 amide bonds. The molecule has 0 bridgehead atoms. The molecule has 7 heteroatoms. The van der Waals surface area contributed by atoms with Crippen LogP contribution in [-0.4, -0.2) is 17.0 Å². The van der Waals surface area contributed by atoms with E-state index in [4.69, 9.17) is 28.3 Å².